The third-order valence-corrected chi connectivity index (χ3v) is 6.50. The van der Waals surface area contributed by atoms with Crippen molar-refractivity contribution >= 4 is 5.91 Å². The molecule has 0 aliphatic carbocycles. The largest absolute Gasteiger partial charge is 0.454 e. The molecule has 2 aromatic carbocycles. The van der Waals surface area contributed by atoms with Crippen LogP contribution in [-0.4, -0.2) is 32.5 Å². The normalized spacial score (nSPS) is 17.8. The summed E-state index contributed by atoms with van der Waals surface area (Å²) in [5.74, 6) is 1.03. The Hall–Kier alpha value is -2.74. The van der Waals surface area contributed by atoms with Crippen molar-refractivity contribution < 1.29 is 32.2 Å². The fourth-order valence-corrected chi connectivity index (χ4v) is 4.24. The van der Waals surface area contributed by atoms with Gasteiger partial charge in [-0.1, -0.05) is 24.3 Å². The highest BCUT2D eigenvalue weighted by Gasteiger charge is 2.39. The van der Waals surface area contributed by atoms with Crippen LogP contribution in [-0.2, 0) is 26.5 Å². The average molecular weight is 449 g/mol. The predicted octanol–water partition coefficient (Wildman–Crippen LogP) is 4.58. The number of nitrogens with one attached hydrogen (secondary N) is 1. The summed E-state index contributed by atoms with van der Waals surface area (Å²) in [5.41, 5.74) is -0.935. The quantitative estimate of drug-likeness (QED) is 0.726. The van der Waals surface area contributed by atoms with Gasteiger partial charge in [0.15, 0.2) is 11.5 Å². The van der Waals surface area contributed by atoms with Gasteiger partial charge in [0.2, 0.25) is 12.7 Å². The van der Waals surface area contributed by atoms with E-state index < -0.39 is 17.2 Å². The summed E-state index contributed by atoms with van der Waals surface area (Å²) in [6.07, 6.45) is -3.05. The molecule has 4 rings (SSSR count). The molecule has 5 nitrogen and oxygen atoms in total. The Morgan fingerprint density at radius 2 is 1.69 bits per heavy atom. The van der Waals surface area contributed by atoms with Gasteiger partial charge in [-0.3, -0.25) is 4.79 Å². The minimum atomic E-state index is -4.46. The molecule has 1 N–H and O–H groups in total. The number of halogens is 3. The average Bonchev–Trinajstić information content (AvgIpc) is 3.25. The summed E-state index contributed by atoms with van der Waals surface area (Å²) in [6.45, 7) is 4.90. The molecule has 2 aliphatic heterocycles. The molecule has 0 atom stereocenters. The monoisotopic (exact) mass is 449 g/mol. The van der Waals surface area contributed by atoms with Crippen molar-refractivity contribution in [3.05, 3.63) is 59.2 Å². The Bertz CT molecular complexity index is 997. The second-order valence-corrected chi connectivity index (χ2v) is 8.85. The summed E-state index contributed by atoms with van der Waals surface area (Å²) in [5, 5.41) is 3.01. The van der Waals surface area contributed by atoms with Crippen LogP contribution in [0.15, 0.2) is 42.5 Å². The van der Waals surface area contributed by atoms with Gasteiger partial charge >= 0.3 is 6.18 Å². The molecule has 0 saturated carbocycles. The number of amides is 1. The molecule has 1 saturated heterocycles. The van der Waals surface area contributed by atoms with Gasteiger partial charge in [-0.2, -0.15) is 13.2 Å². The van der Waals surface area contributed by atoms with Crippen LogP contribution in [0.2, 0.25) is 0 Å². The highest BCUT2D eigenvalue weighted by molar-refractivity contribution is 5.87. The van der Waals surface area contributed by atoms with Crippen molar-refractivity contribution in [3.8, 4) is 11.5 Å². The molecule has 2 aliphatic rings. The standard InChI is InChI=1S/C24H26F3NO4/c1-22(2,16-4-3-5-18(12-16)24(25,26)27)21(29)28-14-23(8-10-30-11-9-23)17-6-7-19-20(13-17)32-15-31-19/h3-7,12-13H,8-11,14-15H2,1-2H3,(H,28,29). The van der Waals surface area contributed by atoms with Crippen molar-refractivity contribution in [2.45, 2.75) is 43.7 Å². The molecule has 0 aromatic heterocycles. The van der Waals surface area contributed by atoms with E-state index in [2.05, 4.69) is 5.32 Å². The lowest BCUT2D eigenvalue weighted by Crippen LogP contribution is -2.49. The maximum atomic E-state index is 13.2. The summed E-state index contributed by atoms with van der Waals surface area (Å²) < 4.78 is 55.9. The zero-order valence-corrected chi connectivity index (χ0v) is 18.1. The maximum Gasteiger partial charge on any atom is 0.416 e. The number of ether oxygens (including phenoxy) is 3. The van der Waals surface area contributed by atoms with Gasteiger partial charge < -0.3 is 19.5 Å². The molecule has 32 heavy (non-hydrogen) atoms. The Kier molecular flexibility index (Phi) is 5.83. The van der Waals surface area contributed by atoms with E-state index in [1.54, 1.807) is 19.9 Å². The summed E-state index contributed by atoms with van der Waals surface area (Å²) in [4.78, 5) is 13.2. The molecule has 1 fully saturated rings. The van der Waals surface area contributed by atoms with Crippen molar-refractivity contribution in [2.24, 2.45) is 0 Å². The van der Waals surface area contributed by atoms with Crippen molar-refractivity contribution in [3.63, 3.8) is 0 Å². The van der Waals surface area contributed by atoms with Crippen molar-refractivity contribution in [1.82, 2.24) is 5.32 Å². The first-order valence-electron chi connectivity index (χ1n) is 10.6. The van der Waals surface area contributed by atoms with Crippen LogP contribution >= 0.6 is 0 Å². The Morgan fingerprint density at radius 1 is 1.00 bits per heavy atom. The van der Waals surface area contributed by atoms with Gasteiger partial charge in [0, 0.05) is 25.2 Å². The van der Waals surface area contributed by atoms with Crippen molar-refractivity contribution in [1.29, 1.82) is 0 Å². The Morgan fingerprint density at radius 3 is 2.41 bits per heavy atom. The van der Waals surface area contributed by atoms with Crippen LogP contribution in [0.25, 0.3) is 0 Å². The van der Waals surface area contributed by atoms with Gasteiger partial charge in [-0.15, -0.1) is 0 Å². The van der Waals surface area contributed by atoms with Gasteiger partial charge in [-0.25, -0.2) is 0 Å². The first kappa shape index (κ1) is 22.5. The number of hydrogen-bond acceptors (Lipinski definition) is 4. The molecular formula is C24H26F3NO4. The number of rotatable bonds is 5. The number of carbonyl (C=O) groups excluding carboxylic acids is 1. The van der Waals surface area contributed by atoms with E-state index >= 15 is 0 Å². The number of hydrogen-bond donors (Lipinski definition) is 1. The van der Waals surface area contributed by atoms with Crippen LogP contribution in [0.4, 0.5) is 13.2 Å². The smallest absolute Gasteiger partial charge is 0.416 e. The van der Waals surface area contributed by atoms with E-state index in [1.165, 1.54) is 6.07 Å². The van der Waals surface area contributed by atoms with E-state index in [0.717, 1.165) is 17.7 Å². The third kappa shape index (κ3) is 4.28. The molecular weight excluding hydrogens is 423 g/mol. The number of benzene rings is 2. The van der Waals surface area contributed by atoms with Crippen LogP contribution in [0, 0.1) is 0 Å². The van der Waals surface area contributed by atoms with Crippen LogP contribution in [0.5, 0.6) is 11.5 Å². The summed E-state index contributed by atoms with van der Waals surface area (Å²) >= 11 is 0. The molecule has 0 bridgehead atoms. The summed E-state index contributed by atoms with van der Waals surface area (Å²) in [7, 11) is 0. The van der Waals surface area contributed by atoms with E-state index in [4.69, 9.17) is 14.2 Å². The topological polar surface area (TPSA) is 56.8 Å². The minimum Gasteiger partial charge on any atom is -0.454 e. The fraction of sp³-hybridized carbons (Fsp3) is 0.458. The molecule has 0 unspecified atom stereocenters. The Labute approximate surface area is 184 Å². The van der Waals surface area contributed by atoms with Gasteiger partial charge in [0.1, 0.15) is 0 Å². The van der Waals surface area contributed by atoms with Gasteiger partial charge in [0.25, 0.3) is 0 Å². The molecule has 2 aromatic rings. The molecule has 8 heteroatoms. The predicted molar refractivity (Wildman–Crippen MR) is 112 cm³/mol. The molecule has 2 heterocycles. The number of fused-ring (bicyclic) bond motifs is 1. The molecule has 172 valence electrons. The van der Waals surface area contributed by atoms with Crippen molar-refractivity contribution in [2.75, 3.05) is 26.6 Å². The lowest BCUT2D eigenvalue weighted by atomic mass is 9.73. The van der Waals surface area contributed by atoms with Gasteiger partial charge in [0.05, 0.1) is 11.0 Å². The highest BCUT2D eigenvalue weighted by Crippen LogP contribution is 2.41. The fourth-order valence-electron chi connectivity index (χ4n) is 4.24. The van der Waals surface area contributed by atoms with Crippen LogP contribution in [0.3, 0.4) is 0 Å². The zero-order valence-electron chi connectivity index (χ0n) is 18.1. The maximum absolute atomic E-state index is 13.2. The van der Waals surface area contributed by atoms with E-state index in [9.17, 15) is 18.0 Å². The lowest BCUT2D eigenvalue weighted by molar-refractivity contribution is -0.138. The third-order valence-electron chi connectivity index (χ3n) is 6.50. The first-order chi connectivity index (χ1) is 15.1. The molecule has 1 amide bonds. The Balaban J connectivity index is 1.55. The highest BCUT2D eigenvalue weighted by atomic mass is 19.4. The van der Waals surface area contributed by atoms with Crippen LogP contribution < -0.4 is 14.8 Å². The van der Waals surface area contributed by atoms with E-state index in [0.29, 0.717) is 49.7 Å². The zero-order chi connectivity index (χ0) is 23.0. The molecule has 0 spiro atoms. The summed E-state index contributed by atoms with van der Waals surface area (Å²) in [6, 6.07) is 10.7. The lowest BCUT2D eigenvalue weighted by Gasteiger charge is -2.39. The van der Waals surface area contributed by atoms with Gasteiger partial charge in [-0.05, 0) is 56.0 Å². The van der Waals surface area contributed by atoms with E-state index in [1.807, 2.05) is 18.2 Å². The SMILES string of the molecule is CC(C)(C(=O)NCC1(c2ccc3c(c2)OCO3)CCOCC1)c1cccc(C(F)(F)F)c1. The van der Waals surface area contributed by atoms with E-state index in [-0.39, 0.29) is 18.1 Å². The second-order valence-electron chi connectivity index (χ2n) is 8.85. The minimum absolute atomic E-state index is 0.177. The van der Waals surface area contributed by atoms with Crippen LogP contribution in [0.1, 0.15) is 43.4 Å². The second kappa shape index (κ2) is 8.31. The molecule has 0 radical (unpaired) electrons. The number of carbonyl (C=O) groups is 1. The number of alkyl halides is 3. The first-order valence-corrected chi connectivity index (χ1v) is 10.6.